The van der Waals surface area contributed by atoms with Crippen molar-refractivity contribution in [2.75, 3.05) is 6.54 Å². The van der Waals surface area contributed by atoms with Gasteiger partial charge >= 0.3 is 0 Å². The van der Waals surface area contributed by atoms with Gasteiger partial charge in [0.25, 0.3) is 0 Å². The van der Waals surface area contributed by atoms with Crippen molar-refractivity contribution < 1.29 is 0 Å². The molecule has 0 radical (unpaired) electrons. The Morgan fingerprint density at radius 2 is 2.41 bits per heavy atom. The Hall–Kier alpha value is -1.27. The van der Waals surface area contributed by atoms with Gasteiger partial charge in [-0.1, -0.05) is 6.92 Å². The third-order valence-electron chi connectivity index (χ3n) is 2.48. The molecule has 0 spiro atoms. The van der Waals surface area contributed by atoms with Gasteiger partial charge in [0.1, 0.15) is 12.2 Å². The summed E-state index contributed by atoms with van der Waals surface area (Å²) in [7, 11) is 0. The fourth-order valence-corrected chi connectivity index (χ4v) is 2.30. The molecule has 0 fully saturated rings. The van der Waals surface area contributed by atoms with Crippen molar-refractivity contribution in [3.05, 3.63) is 28.2 Å². The highest BCUT2D eigenvalue weighted by Crippen LogP contribution is 2.16. The van der Waals surface area contributed by atoms with Crippen LogP contribution in [0, 0.1) is 6.92 Å². The molecule has 0 saturated heterocycles. The van der Waals surface area contributed by atoms with Gasteiger partial charge < -0.3 is 5.32 Å². The van der Waals surface area contributed by atoms with Crippen LogP contribution in [0.3, 0.4) is 0 Å². The molecule has 0 aromatic carbocycles. The van der Waals surface area contributed by atoms with Crippen LogP contribution in [-0.2, 0) is 6.42 Å². The number of aromatic nitrogens is 4. The third kappa shape index (κ3) is 3.34. The van der Waals surface area contributed by atoms with Crippen molar-refractivity contribution >= 4 is 11.3 Å². The number of rotatable bonds is 6. The van der Waals surface area contributed by atoms with E-state index in [1.54, 1.807) is 17.7 Å². The number of thiazole rings is 1. The largest absolute Gasteiger partial charge is 0.307 e. The molecule has 0 aliphatic carbocycles. The normalized spacial score (nSPS) is 12.8. The van der Waals surface area contributed by atoms with Crippen molar-refractivity contribution in [1.29, 1.82) is 0 Å². The first kappa shape index (κ1) is 12.2. The molecule has 6 heteroatoms. The van der Waals surface area contributed by atoms with Gasteiger partial charge in [0.15, 0.2) is 0 Å². The minimum absolute atomic E-state index is 0.166. The molecule has 0 amide bonds. The predicted octanol–water partition coefficient (Wildman–Crippen LogP) is 1.85. The number of hydrogen-bond donors (Lipinski definition) is 2. The van der Waals surface area contributed by atoms with E-state index in [9.17, 15) is 0 Å². The Labute approximate surface area is 105 Å². The van der Waals surface area contributed by atoms with Gasteiger partial charge in [-0.05, 0) is 19.9 Å². The van der Waals surface area contributed by atoms with Gasteiger partial charge in [-0.15, -0.1) is 11.3 Å². The number of aryl methyl sites for hydroxylation is 1. The van der Waals surface area contributed by atoms with Gasteiger partial charge in [0.05, 0.1) is 16.7 Å². The summed E-state index contributed by atoms with van der Waals surface area (Å²) in [5.74, 6) is 0.879. The second-order valence-electron chi connectivity index (χ2n) is 3.94. The zero-order chi connectivity index (χ0) is 12.1. The van der Waals surface area contributed by atoms with E-state index in [0.717, 1.165) is 35.9 Å². The minimum atomic E-state index is 0.166. The second-order valence-corrected chi connectivity index (χ2v) is 5.00. The van der Waals surface area contributed by atoms with Gasteiger partial charge in [-0.25, -0.2) is 9.97 Å². The molecule has 5 nitrogen and oxygen atoms in total. The van der Waals surface area contributed by atoms with E-state index in [-0.39, 0.29) is 6.04 Å². The van der Waals surface area contributed by atoms with E-state index in [1.807, 2.05) is 6.92 Å². The van der Waals surface area contributed by atoms with E-state index >= 15 is 0 Å². The molecule has 2 heterocycles. The van der Waals surface area contributed by atoms with Crippen molar-refractivity contribution in [1.82, 2.24) is 25.5 Å². The lowest BCUT2D eigenvalue weighted by Crippen LogP contribution is -2.25. The van der Waals surface area contributed by atoms with E-state index < -0.39 is 0 Å². The summed E-state index contributed by atoms with van der Waals surface area (Å²) >= 11 is 1.68. The average molecular weight is 251 g/mol. The molecule has 2 aromatic rings. The van der Waals surface area contributed by atoms with Gasteiger partial charge in [-0.2, -0.15) is 5.10 Å². The van der Waals surface area contributed by atoms with Crippen LogP contribution in [0.5, 0.6) is 0 Å². The lowest BCUT2D eigenvalue weighted by Gasteiger charge is -2.14. The van der Waals surface area contributed by atoms with Crippen LogP contribution >= 0.6 is 11.3 Å². The van der Waals surface area contributed by atoms with Crippen molar-refractivity contribution in [3.63, 3.8) is 0 Å². The summed E-state index contributed by atoms with van der Waals surface area (Å²) < 4.78 is 0. The van der Waals surface area contributed by atoms with Gasteiger partial charge in [0, 0.05) is 11.8 Å². The molecule has 0 aliphatic rings. The second kappa shape index (κ2) is 5.88. The molecular weight excluding hydrogens is 234 g/mol. The summed E-state index contributed by atoms with van der Waals surface area (Å²) in [6.45, 7) is 5.14. The highest BCUT2D eigenvalue weighted by Gasteiger charge is 2.15. The molecule has 0 bridgehead atoms. The van der Waals surface area contributed by atoms with E-state index in [1.165, 1.54) is 0 Å². The van der Waals surface area contributed by atoms with Gasteiger partial charge in [0.2, 0.25) is 0 Å². The van der Waals surface area contributed by atoms with Crippen LogP contribution in [0.2, 0.25) is 0 Å². The van der Waals surface area contributed by atoms with Crippen LogP contribution in [-0.4, -0.2) is 26.7 Å². The maximum Gasteiger partial charge on any atom is 0.141 e. The van der Waals surface area contributed by atoms with E-state index in [0.29, 0.717) is 0 Å². The molecule has 2 rings (SSSR count). The molecule has 2 aromatic heterocycles. The van der Waals surface area contributed by atoms with Crippen LogP contribution in [0.1, 0.15) is 35.9 Å². The maximum atomic E-state index is 4.48. The number of H-pyrrole nitrogens is 1. The monoisotopic (exact) mass is 251 g/mol. The fourth-order valence-electron chi connectivity index (χ4n) is 1.68. The zero-order valence-corrected chi connectivity index (χ0v) is 10.9. The number of nitrogens with zero attached hydrogens (tertiary/aromatic N) is 3. The highest BCUT2D eigenvalue weighted by molar-refractivity contribution is 7.09. The molecule has 0 saturated carbocycles. The Morgan fingerprint density at radius 1 is 1.53 bits per heavy atom. The predicted molar refractivity (Wildman–Crippen MR) is 68.0 cm³/mol. The lowest BCUT2D eigenvalue weighted by atomic mass is 10.1. The lowest BCUT2D eigenvalue weighted by molar-refractivity contribution is 0.502. The number of aromatic amines is 1. The van der Waals surface area contributed by atoms with Crippen molar-refractivity contribution in [3.8, 4) is 0 Å². The topological polar surface area (TPSA) is 66.5 Å². The molecule has 0 aliphatic heterocycles. The number of nitrogens with one attached hydrogen (secondary N) is 2. The van der Waals surface area contributed by atoms with Gasteiger partial charge in [-0.3, -0.25) is 5.10 Å². The fraction of sp³-hybridized carbons (Fsp3) is 0.545. The Bertz CT molecular complexity index is 436. The van der Waals surface area contributed by atoms with E-state index in [2.05, 4.69) is 37.8 Å². The van der Waals surface area contributed by atoms with Crippen LogP contribution in [0.15, 0.2) is 11.7 Å². The summed E-state index contributed by atoms with van der Waals surface area (Å²) in [6, 6.07) is 0.166. The summed E-state index contributed by atoms with van der Waals surface area (Å²) in [5, 5.41) is 13.5. The molecule has 1 atom stereocenters. The standard InChI is InChI=1S/C11H17N5S/c1-3-4-12-10(11-13-7-14-16-11)5-9-6-17-8(2)15-9/h6-7,10,12H,3-5H2,1-2H3,(H,13,14,16). The highest BCUT2D eigenvalue weighted by atomic mass is 32.1. The Kier molecular flexibility index (Phi) is 4.22. The Morgan fingerprint density at radius 3 is 3.00 bits per heavy atom. The van der Waals surface area contributed by atoms with E-state index in [4.69, 9.17) is 0 Å². The molecule has 2 N–H and O–H groups in total. The summed E-state index contributed by atoms with van der Waals surface area (Å²) in [5.41, 5.74) is 1.11. The number of hydrogen-bond acceptors (Lipinski definition) is 5. The minimum Gasteiger partial charge on any atom is -0.307 e. The van der Waals surface area contributed by atoms with Crippen LogP contribution in [0.4, 0.5) is 0 Å². The van der Waals surface area contributed by atoms with Crippen molar-refractivity contribution in [2.24, 2.45) is 0 Å². The maximum absolute atomic E-state index is 4.48. The Balaban J connectivity index is 2.05. The quantitative estimate of drug-likeness (QED) is 0.822. The van der Waals surface area contributed by atoms with Crippen LogP contribution < -0.4 is 5.32 Å². The molecule has 1 unspecified atom stereocenters. The smallest absolute Gasteiger partial charge is 0.141 e. The zero-order valence-electron chi connectivity index (χ0n) is 10.1. The first-order chi connectivity index (χ1) is 8.29. The SMILES string of the molecule is CCCNC(Cc1csc(C)n1)c1ncn[nH]1. The summed E-state index contributed by atoms with van der Waals surface area (Å²) in [4.78, 5) is 8.70. The first-order valence-corrected chi connectivity index (χ1v) is 6.67. The van der Waals surface area contributed by atoms with Crippen LogP contribution in [0.25, 0.3) is 0 Å². The summed E-state index contributed by atoms with van der Waals surface area (Å²) in [6.07, 6.45) is 3.49. The average Bonchev–Trinajstić information content (AvgIpc) is 2.95. The molecule has 92 valence electrons. The first-order valence-electron chi connectivity index (χ1n) is 5.79. The van der Waals surface area contributed by atoms with Crippen molar-refractivity contribution in [2.45, 2.75) is 32.7 Å². The molecular formula is C11H17N5S. The molecule has 17 heavy (non-hydrogen) atoms. The third-order valence-corrected chi connectivity index (χ3v) is 3.31.